The van der Waals surface area contributed by atoms with Crippen LogP contribution in [0, 0.1) is 0 Å². The van der Waals surface area contributed by atoms with Gasteiger partial charge in [0.25, 0.3) is 5.91 Å². The van der Waals surface area contributed by atoms with Gasteiger partial charge in [0.1, 0.15) is 5.75 Å². The third-order valence-electron chi connectivity index (χ3n) is 4.66. The Labute approximate surface area is 163 Å². The minimum Gasteiger partial charge on any atom is -0.481 e. The highest BCUT2D eigenvalue weighted by molar-refractivity contribution is 9.10. The first-order chi connectivity index (χ1) is 12.6. The van der Waals surface area contributed by atoms with Crippen molar-refractivity contribution < 1.29 is 9.53 Å². The van der Waals surface area contributed by atoms with Gasteiger partial charge in [-0.15, -0.1) is 0 Å². The molecule has 1 heterocycles. The summed E-state index contributed by atoms with van der Waals surface area (Å²) in [6, 6.07) is 15.8. The van der Waals surface area contributed by atoms with E-state index in [1.807, 2.05) is 30.3 Å². The minimum atomic E-state index is -0.540. The first-order valence-corrected chi connectivity index (χ1v) is 9.90. The van der Waals surface area contributed by atoms with Gasteiger partial charge in [-0.05, 0) is 68.2 Å². The average Bonchev–Trinajstić information content (AvgIpc) is 3.15. The number of halogens is 1. The van der Waals surface area contributed by atoms with Crippen LogP contribution in [0.5, 0.6) is 5.75 Å². The Morgan fingerprint density at radius 1 is 1.12 bits per heavy atom. The van der Waals surface area contributed by atoms with Gasteiger partial charge in [0.2, 0.25) is 0 Å². The van der Waals surface area contributed by atoms with Crippen molar-refractivity contribution in [2.24, 2.45) is 0 Å². The van der Waals surface area contributed by atoms with Crippen LogP contribution < -0.4 is 10.1 Å². The Bertz CT molecular complexity index is 727. The molecule has 5 heteroatoms. The van der Waals surface area contributed by atoms with Crippen LogP contribution in [0.1, 0.15) is 30.9 Å². The molecule has 4 nitrogen and oxygen atoms in total. The molecular formula is C21H25BrN2O2. The number of ether oxygens (including phenoxy) is 1. The first-order valence-electron chi connectivity index (χ1n) is 9.11. The van der Waals surface area contributed by atoms with E-state index in [4.69, 9.17) is 4.74 Å². The van der Waals surface area contributed by atoms with E-state index in [1.165, 1.54) is 37.1 Å². The highest BCUT2D eigenvalue weighted by Crippen LogP contribution is 2.18. The van der Waals surface area contributed by atoms with E-state index in [0.29, 0.717) is 12.3 Å². The van der Waals surface area contributed by atoms with Gasteiger partial charge >= 0.3 is 0 Å². The third kappa shape index (κ3) is 5.32. The van der Waals surface area contributed by atoms with Gasteiger partial charge in [0, 0.05) is 17.6 Å². The summed E-state index contributed by atoms with van der Waals surface area (Å²) in [5, 5.41) is 3.00. The van der Waals surface area contributed by atoms with Crippen molar-refractivity contribution in [3.8, 4) is 5.75 Å². The van der Waals surface area contributed by atoms with Crippen molar-refractivity contribution in [3.63, 3.8) is 0 Å². The molecule has 0 aromatic heterocycles. The van der Waals surface area contributed by atoms with Crippen molar-refractivity contribution >= 4 is 21.8 Å². The molecule has 26 heavy (non-hydrogen) atoms. The Morgan fingerprint density at radius 3 is 2.46 bits per heavy atom. The van der Waals surface area contributed by atoms with E-state index in [2.05, 4.69) is 44.3 Å². The normalized spacial score (nSPS) is 15.6. The molecule has 0 radical (unpaired) electrons. The Balaban J connectivity index is 1.54. The van der Waals surface area contributed by atoms with Crippen LogP contribution >= 0.6 is 15.9 Å². The van der Waals surface area contributed by atoms with Crippen LogP contribution in [0.25, 0.3) is 0 Å². The second-order valence-corrected chi connectivity index (χ2v) is 7.60. The van der Waals surface area contributed by atoms with Crippen LogP contribution in [0.2, 0.25) is 0 Å². The Morgan fingerprint density at radius 2 is 1.77 bits per heavy atom. The fourth-order valence-corrected chi connectivity index (χ4v) is 3.43. The molecule has 0 unspecified atom stereocenters. The molecule has 0 aliphatic carbocycles. The molecule has 3 rings (SSSR count). The van der Waals surface area contributed by atoms with Crippen molar-refractivity contribution in [2.45, 2.75) is 39.0 Å². The lowest BCUT2D eigenvalue weighted by molar-refractivity contribution is -0.127. The number of amides is 1. The number of likely N-dealkylation sites (tertiary alicyclic amines) is 1. The monoisotopic (exact) mass is 416 g/mol. The van der Waals surface area contributed by atoms with Gasteiger partial charge < -0.3 is 10.1 Å². The number of rotatable bonds is 7. The first kappa shape index (κ1) is 18.9. The van der Waals surface area contributed by atoms with Crippen molar-refractivity contribution in [2.75, 3.05) is 13.1 Å². The zero-order chi connectivity index (χ0) is 18.4. The summed E-state index contributed by atoms with van der Waals surface area (Å²) >= 11 is 3.39. The summed E-state index contributed by atoms with van der Waals surface area (Å²) < 4.78 is 6.70. The van der Waals surface area contributed by atoms with E-state index in [9.17, 15) is 4.79 Å². The summed E-state index contributed by atoms with van der Waals surface area (Å²) in [4.78, 5) is 14.9. The van der Waals surface area contributed by atoms with E-state index in [1.54, 1.807) is 6.92 Å². The zero-order valence-electron chi connectivity index (χ0n) is 15.1. The van der Waals surface area contributed by atoms with Gasteiger partial charge in [0.05, 0.1) is 0 Å². The molecule has 2 aromatic rings. The molecule has 0 bridgehead atoms. The summed E-state index contributed by atoms with van der Waals surface area (Å²) in [7, 11) is 0. The standard InChI is InChI=1S/C21H25BrN2O2/c1-16(26-20-10-8-19(22)9-11-20)21(25)23-14-17-6-2-3-7-18(17)15-24-12-4-5-13-24/h2-3,6-11,16H,4-5,12-15H2,1H3,(H,23,25)/t16-/m0/s1. The fraction of sp³-hybridized carbons (Fsp3) is 0.381. The van der Waals surface area contributed by atoms with Crippen molar-refractivity contribution in [1.29, 1.82) is 0 Å². The Kier molecular flexibility index (Phi) is 6.69. The lowest BCUT2D eigenvalue weighted by atomic mass is 10.1. The largest absolute Gasteiger partial charge is 0.481 e. The summed E-state index contributed by atoms with van der Waals surface area (Å²) in [5.74, 6) is 0.578. The zero-order valence-corrected chi connectivity index (χ0v) is 16.7. The van der Waals surface area contributed by atoms with E-state index < -0.39 is 6.10 Å². The lowest BCUT2D eigenvalue weighted by Crippen LogP contribution is -2.36. The van der Waals surface area contributed by atoms with Gasteiger partial charge in [-0.3, -0.25) is 9.69 Å². The van der Waals surface area contributed by atoms with E-state index >= 15 is 0 Å². The van der Waals surface area contributed by atoms with Gasteiger partial charge in [-0.25, -0.2) is 0 Å². The molecule has 1 aliphatic heterocycles. The number of hydrogen-bond donors (Lipinski definition) is 1. The highest BCUT2D eigenvalue weighted by atomic mass is 79.9. The van der Waals surface area contributed by atoms with Crippen LogP contribution in [0.15, 0.2) is 53.0 Å². The topological polar surface area (TPSA) is 41.6 Å². The molecule has 1 fully saturated rings. The molecule has 1 amide bonds. The quantitative estimate of drug-likeness (QED) is 0.737. The molecule has 2 aromatic carbocycles. The van der Waals surface area contributed by atoms with E-state index in [0.717, 1.165) is 11.0 Å². The van der Waals surface area contributed by atoms with E-state index in [-0.39, 0.29) is 5.91 Å². The van der Waals surface area contributed by atoms with Gasteiger partial charge in [-0.2, -0.15) is 0 Å². The molecule has 0 saturated carbocycles. The Hall–Kier alpha value is -1.85. The number of nitrogens with one attached hydrogen (secondary N) is 1. The molecule has 1 saturated heterocycles. The minimum absolute atomic E-state index is 0.108. The summed E-state index contributed by atoms with van der Waals surface area (Å²) in [5.41, 5.74) is 2.46. The predicted octanol–water partition coefficient (Wildman–Crippen LogP) is 4.13. The molecule has 1 atom stereocenters. The number of carbonyl (C=O) groups excluding carboxylic acids is 1. The number of nitrogens with zero attached hydrogens (tertiary/aromatic N) is 1. The van der Waals surface area contributed by atoms with Crippen LogP contribution in [0.4, 0.5) is 0 Å². The van der Waals surface area contributed by atoms with Gasteiger partial charge in [-0.1, -0.05) is 40.2 Å². The number of carbonyl (C=O) groups is 1. The summed E-state index contributed by atoms with van der Waals surface area (Å²) in [6.07, 6.45) is 2.02. The maximum absolute atomic E-state index is 12.4. The summed E-state index contributed by atoms with van der Waals surface area (Å²) in [6.45, 7) is 5.58. The third-order valence-corrected chi connectivity index (χ3v) is 5.19. The number of benzene rings is 2. The molecule has 1 aliphatic rings. The van der Waals surface area contributed by atoms with Crippen LogP contribution in [-0.4, -0.2) is 30.0 Å². The van der Waals surface area contributed by atoms with Gasteiger partial charge in [0.15, 0.2) is 6.10 Å². The SMILES string of the molecule is C[C@H](Oc1ccc(Br)cc1)C(=O)NCc1ccccc1CN1CCCC1. The molecule has 1 N–H and O–H groups in total. The van der Waals surface area contributed by atoms with Crippen molar-refractivity contribution in [3.05, 3.63) is 64.1 Å². The second-order valence-electron chi connectivity index (χ2n) is 6.68. The maximum atomic E-state index is 12.4. The predicted molar refractivity (Wildman–Crippen MR) is 107 cm³/mol. The van der Waals surface area contributed by atoms with Crippen LogP contribution in [-0.2, 0) is 17.9 Å². The maximum Gasteiger partial charge on any atom is 0.261 e. The smallest absolute Gasteiger partial charge is 0.261 e. The molecule has 0 spiro atoms. The molecular weight excluding hydrogens is 392 g/mol. The fourth-order valence-electron chi connectivity index (χ4n) is 3.16. The average molecular weight is 417 g/mol. The lowest BCUT2D eigenvalue weighted by Gasteiger charge is -2.19. The molecule has 138 valence electrons. The van der Waals surface area contributed by atoms with Crippen LogP contribution in [0.3, 0.4) is 0 Å². The highest BCUT2D eigenvalue weighted by Gasteiger charge is 2.16. The second kappa shape index (κ2) is 9.19. The van der Waals surface area contributed by atoms with Crippen molar-refractivity contribution in [1.82, 2.24) is 10.2 Å². The number of hydrogen-bond acceptors (Lipinski definition) is 3.